The molecular weight excluding hydrogens is 458 g/mol. The van der Waals surface area contributed by atoms with Crippen molar-refractivity contribution in [3.8, 4) is 0 Å². The molecule has 1 rings (SSSR count). The van der Waals surface area contributed by atoms with E-state index >= 15 is 0 Å². The number of aliphatic hydroxyl groups is 5. The number of carbonyl (C=O) groups excluding carboxylic acids is 3. The molecule has 3 amide bonds. The molecule has 1 aromatic rings. The van der Waals surface area contributed by atoms with Crippen molar-refractivity contribution in [3.63, 3.8) is 0 Å². The average Bonchev–Trinajstić information content (AvgIpc) is 2.85. The highest BCUT2D eigenvalue weighted by Crippen LogP contribution is 2.32. The number of amides is 3. The second-order valence-corrected chi connectivity index (χ2v) is 7.24. The molecule has 202 valence electrons. The van der Waals surface area contributed by atoms with Gasteiger partial charge in [-0.3, -0.25) is 14.4 Å². The summed E-state index contributed by atoms with van der Waals surface area (Å²) in [6.07, 6.45) is -1.35. The van der Waals surface area contributed by atoms with Crippen LogP contribution in [-0.2, 0) is 4.79 Å². The summed E-state index contributed by atoms with van der Waals surface area (Å²) in [4.78, 5) is 37.9. The van der Waals surface area contributed by atoms with Crippen LogP contribution in [0.2, 0.25) is 0 Å². The average molecular weight is 502 g/mol. The lowest BCUT2D eigenvalue weighted by Gasteiger charge is -2.24. The molecule has 0 fully saturated rings. The second-order valence-electron chi connectivity index (χ2n) is 7.24. The Kier molecular flexibility index (Phi) is 17.6. The zero-order chi connectivity index (χ0) is 27.9. The van der Waals surface area contributed by atoms with E-state index in [1.807, 2.05) is 27.7 Å². The van der Waals surface area contributed by atoms with Gasteiger partial charge in [-0.25, -0.2) is 0 Å². The largest absolute Gasteiger partial charge is 0.394 e. The van der Waals surface area contributed by atoms with Crippen molar-refractivity contribution in [2.75, 3.05) is 31.7 Å². The molecule has 0 unspecified atom stereocenters. The van der Waals surface area contributed by atoms with Gasteiger partial charge in [-0.15, -0.1) is 0 Å². The highest BCUT2D eigenvalue weighted by Gasteiger charge is 2.28. The fourth-order valence-electron chi connectivity index (χ4n) is 3.13. The first-order chi connectivity index (χ1) is 16.5. The summed E-state index contributed by atoms with van der Waals surface area (Å²) in [5.74, 6) is -2.13. The van der Waals surface area contributed by atoms with E-state index in [4.69, 9.17) is 0 Å². The number of anilines is 1. The predicted molar refractivity (Wildman–Crippen MR) is 135 cm³/mol. The number of hydrogen-bond donors (Lipinski definition) is 8. The Morgan fingerprint density at radius 1 is 0.686 bits per heavy atom. The molecule has 0 spiro atoms. The Hall–Kier alpha value is -2.57. The standard InChI is InChI=1S/C20H31N3O8.2C2H6/c1-9-15(19(30)21-13(5-24)6-25)10(2)17(23-18(29)12(4)28)11(3)16(9)20(31)22-14(7-26)8-27;2*1-2/h12-14,24-28H,5-8H2,1-4H3,(H,21,30)(H,22,31)(H,23,29);2*1-2H3/t12-;;/m0../s1. The monoisotopic (exact) mass is 501 g/mol. The van der Waals surface area contributed by atoms with Crippen LogP contribution >= 0.6 is 0 Å². The van der Waals surface area contributed by atoms with Crippen LogP contribution < -0.4 is 16.0 Å². The summed E-state index contributed by atoms with van der Waals surface area (Å²) in [6, 6.07) is -1.87. The highest BCUT2D eigenvalue weighted by molar-refractivity contribution is 6.08. The quantitative estimate of drug-likeness (QED) is 0.222. The van der Waals surface area contributed by atoms with Gasteiger partial charge >= 0.3 is 0 Å². The van der Waals surface area contributed by atoms with Crippen molar-refractivity contribution < 1.29 is 39.9 Å². The molecule has 0 saturated heterocycles. The van der Waals surface area contributed by atoms with Gasteiger partial charge in [-0.05, 0) is 44.4 Å². The van der Waals surface area contributed by atoms with Crippen molar-refractivity contribution in [1.82, 2.24) is 10.6 Å². The first-order valence-corrected chi connectivity index (χ1v) is 11.7. The molecule has 0 aliphatic heterocycles. The van der Waals surface area contributed by atoms with E-state index in [9.17, 15) is 39.9 Å². The van der Waals surface area contributed by atoms with E-state index in [1.165, 1.54) is 13.8 Å². The zero-order valence-corrected chi connectivity index (χ0v) is 22.0. The number of aliphatic hydroxyl groups excluding tert-OH is 5. The topological polar surface area (TPSA) is 188 Å². The molecule has 0 heterocycles. The first kappa shape index (κ1) is 34.6. The van der Waals surface area contributed by atoms with Crippen LogP contribution in [0.1, 0.15) is 72.0 Å². The Labute approximate surface area is 207 Å². The lowest BCUT2D eigenvalue weighted by atomic mass is 9.89. The van der Waals surface area contributed by atoms with Crippen LogP contribution in [0.25, 0.3) is 0 Å². The molecule has 1 aromatic carbocycles. The second kappa shape index (κ2) is 17.8. The smallest absolute Gasteiger partial charge is 0.252 e. The van der Waals surface area contributed by atoms with Crippen LogP contribution in [0.15, 0.2) is 0 Å². The van der Waals surface area contributed by atoms with Crippen molar-refractivity contribution in [1.29, 1.82) is 0 Å². The summed E-state index contributed by atoms with van der Waals surface area (Å²) in [6.45, 7) is 11.8. The van der Waals surface area contributed by atoms with Gasteiger partial charge in [0.05, 0.1) is 38.5 Å². The van der Waals surface area contributed by atoms with E-state index in [1.54, 1.807) is 13.8 Å². The van der Waals surface area contributed by atoms with Crippen LogP contribution in [0, 0.1) is 20.8 Å². The van der Waals surface area contributed by atoms with Crippen molar-refractivity contribution in [3.05, 3.63) is 27.8 Å². The third-order valence-corrected chi connectivity index (χ3v) is 4.88. The van der Waals surface area contributed by atoms with E-state index < -0.39 is 62.3 Å². The molecule has 0 bridgehead atoms. The van der Waals surface area contributed by atoms with Gasteiger partial charge < -0.3 is 41.5 Å². The first-order valence-electron chi connectivity index (χ1n) is 11.7. The minimum Gasteiger partial charge on any atom is -0.394 e. The number of carbonyl (C=O) groups is 3. The van der Waals surface area contributed by atoms with Crippen LogP contribution in [0.4, 0.5) is 5.69 Å². The molecule has 0 aliphatic rings. The fraction of sp³-hybridized carbons (Fsp3) is 0.625. The summed E-state index contributed by atoms with van der Waals surface area (Å²) in [5.41, 5.74) is 1.09. The van der Waals surface area contributed by atoms with Crippen molar-refractivity contribution in [2.45, 2.75) is 73.6 Å². The number of nitrogens with one attached hydrogen (secondary N) is 3. The van der Waals surface area contributed by atoms with Gasteiger partial charge in [0.15, 0.2) is 0 Å². The third kappa shape index (κ3) is 9.54. The zero-order valence-electron chi connectivity index (χ0n) is 22.0. The van der Waals surface area contributed by atoms with Gasteiger partial charge in [-0.2, -0.15) is 0 Å². The van der Waals surface area contributed by atoms with Gasteiger partial charge in [-0.1, -0.05) is 27.7 Å². The Morgan fingerprint density at radius 2 is 1.00 bits per heavy atom. The molecule has 11 heteroatoms. The maximum Gasteiger partial charge on any atom is 0.252 e. The van der Waals surface area contributed by atoms with E-state index in [0.717, 1.165) is 0 Å². The van der Waals surface area contributed by atoms with Crippen LogP contribution in [-0.4, -0.2) is 87.9 Å². The maximum absolute atomic E-state index is 12.9. The number of rotatable bonds is 10. The van der Waals surface area contributed by atoms with Gasteiger partial charge in [0.1, 0.15) is 6.10 Å². The molecule has 35 heavy (non-hydrogen) atoms. The summed E-state index contributed by atoms with van der Waals surface area (Å²) in [5, 5.41) is 54.0. The molecule has 0 aliphatic carbocycles. The summed E-state index contributed by atoms with van der Waals surface area (Å²) < 4.78 is 0. The molecule has 8 N–H and O–H groups in total. The van der Waals surface area contributed by atoms with Crippen molar-refractivity contribution >= 4 is 23.4 Å². The lowest BCUT2D eigenvalue weighted by Crippen LogP contribution is -2.42. The maximum atomic E-state index is 12.9. The van der Waals surface area contributed by atoms with E-state index in [0.29, 0.717) is 11.1 Å². The number of hydrogen-bond acceptors (Lipinski definition) is 8. The Morgan fingerprint density at radius 3 is 1.26 bits per heavy atom. The van der Waals surface area contributed by atoms with Crippen LogP contribution in [0.5, 0.6) is 0 Å². The summed E-state index contributed by atoms with van der Waals surface area (Å²) in [7, 11) is 0. The van der Waals surface area contributed by atoms with Gasteiger partial charge in [0, 0.05) is 16.8 Å². The fourth-order valence-corrected chi connectivity index (χ4v) is 3.13. The lowest BCUT2D eigenvalue weighted by molar-refractivity contribution is -0.123. The Balaban J connectivity index is 0. The number of benzene rings is 1. The predicted octanol–water partition coefficient (Wildman–Crippen LogP) is 0.150. The third-order valence-electron chi connectivity index (χ3n) is 4.88. The molecule has 0 aromatic heterocycles. The molecular formula is C24H43N3O8. The van der Waals surface area contributed by atoms with E-state index in [-0.39, 0.29) is 22.4 Å². The van der Waals surface area contributed by atoms with Crippen molar-refractivity contribution in [2.24, 2.45) is 0 Å². The molecule has 0 radical (unpaired) electrons. The SMILES string of the molecule is CC.CC.Cc1c(NC(=O)[C@H](C)O)c(C)c(C(=O)NC(CO)CO)c(C)c1C(=O)NC(CO)CO. The minimum atomic E-state index is -1.35. The Bertz CT molecular complexity index is 766. The summed E-state index contributed by atoms with van der Waals surface area (Å²) >= 11 is 0. The minimum absolute atomic E-state index is 0.0353. The van der Waals surface area contributed by atoms with Gasteiger partial charge in [0.25, 0.3) is 17.7 Å². The van der Waals surface area contributed by atoms with Gasteiger partial charge in [0.2, 0.25) is 0 Å². The molecule has 0 saturated carbocycles. The van der Waals surface area contributed by atoms with E-state index in [2.05, 4.69) is 16.0 Å². The molecule has 1 atom stereocenters. The highest BCUT2D eigenvalue weighted by atomic mass is 16.3. The normalized spacial score (nSPS) is 11.1. The molecule has 11 nitrogen and oxygen atoms in total. The van der Waals surface area contributed by atoms with Crippen LogP contribution in [0.3, 0.4) is 0 Å².